The van der Waals surface area contributed by atoms with E-state index >= 15 is 0 Å². The van der Waals surface area contributed by atoms with E-state index in [1.165, 1.54) is 0 Å². The van der Waals surface area contributed by atoms with Gasteiger partial charge in [-0.1, -0.05) is 0 Å². The Labute approximate surface area is 166 Å². The van der Waals surface area contributed by atoms with Gasteiger partial charge in [0, 0.05) is 57.1 Å². The van der Waals surface area contributed by atoms with Crippen LogP contribution in [0.4, 0.5) is 5.69 Å². The Morgan fingerprint density at radius 3 is 1.64 bits per heavy atom. The Morgan fingerprint density at radius 1 is 0.821 bits per heavy atom. The van der Waals surface area contributed by atoms with Gasteiger partial charge < -0.3 is 19.4 Å². The highest BCUT2D eigenvalue weighted by atomic mass is 16.5. The zero-order chi connectivity index (χ0) is 20.1. The minimum absolute atomic E-state index is 0.00881. The van der Waals surface area contributed by atoms with E-state index in [1.54, 1.807) is 17.0 Å². The summed E-state index contributed by atoms with van der Waals surface area (Å²) < 4.78 is 5.42. The monoisotopic (exact) mass is 381 g/mol. The molecule has 6 heteroatoms. The van der Waals surface area contributed by atoms with Crippen LogP contribution in [-0.4, -0.2) is 68.5 Å². The summed E-state index contributed by atoms with van der Waals surface area (Å²) in [4.78, 5) is 31.0. The summed E-state index contributed by atoms with van der Waals surface area (Å²) in [6.07, 6.45) is 0. The van der Waals surface area contributed by atoms with Crippen LogP contribution in [-0.2, 0) is 0 Å². The summed E-state index contributed by atoms with van der Waals surface area (Å²) in [5.41, 5.74) is 2.38. The van der Waals surface area contributed by atoms with Gasteiger partial charge in [-0.05, 0) is 55.5 Å². The molecule has 148 valence electrons. The first-order valence-electron chi connectivity index (χ1n) is 9.58. The summed E-state index contributed by atoms with van der Waals surface area (Å²) in [7, 11) is 3.94. The number of rotatable bonds is 5. The number of benzene rings is 2. The van der Waals surface area contributed by atoms with Gasteiger partial charge in [-0.25, -0.2) is 0 Å². The van der Waals surface area contributed by atoms with Crippen LogP contribution < -0.4 is 9.64 Å². The smallest absolute Gasteiger partial charge is 0.253 e. The lowest BCUT2D eigenvalue weighted by Gasteiger charge is -2.35. The molecule has 0 atom stereocenters. The average molecular weight is 381 g/mol. The highest BCUT2D eigenvalue weighted by molar-refractivity contribution is 5.96. The standard InChI is InChI=1S/C22H27N3O3/c1-4-28-20-11-7-18(8-12-20)22(27)25-15-13-24(14-16-25)21(26)17-5-9-19(10-6-17)23(2)3/h5-12H,4,13-16H2,1-3H3. The SMILES string of the molecule is CCOc1ccc(C(=O)N2CCN(C(=O)c3ccc(N(C)C)cc3)CC2)cc1. The van der Waals surface area contributed by atoms with Gasteiger partial charge in [0.2, 0.25) is 0 Å². The predicted octanol–water partition coefficient (Wildman–Crippen LogP) is 2.75. The fourth-order valence-electron chi connectivity index (χ4n) is 3.24. The van der Waals surface area contributed by atoms with Gasteiger partial charge in [0.1, 0.15) is 5.75 Å². The van der Waals surface area contributed by atoms with Crippen molar-refractivity contribution < 1.29 is 14.3 Å². The molecule has 1 saturated heterocycles. The molecule has 0 aliphatic carbocycles. The first kappa shape index (κ1) is 19.7. The van der Waals surface area contributed by atoms with Crippen molar-refractivity contribution in [1.82, 2.24) is 9.80 Å². The minimum Gasteiger partial charge on any atom is -0.494 e. The van der Waals surface area contributed by atoms with Crippen LogP contribution in [0.25, 0.3) is 0 Å². The van der Waals surface area contributed by atoms with Crippen molar-refractivity contribution in [2.24, 2.45) is 0 Å². The van der Waals surface area contributed by atoms with E-state index in [0.29, 0.717) is 43.9 Å². The van der Waals surface area contributed by atoms with Crippen LogP contribution in [0.2, 0.25) is 0 Å². The largest absolute Gasteiger partial charge is 0.494 e. The molecule has 0 unspecified atom stereocenters. The number of piperazine rings is 1. The Bertz CT molecular complexity index is 808. The normalized spacial score (nSPS) is 14.0. The van der Waals surface area contributed by atoms with Crippen molar-refractivity contribution in [3.8, 4) is 5.75 Å². The van der Waals surface area contributed by atoms with E-state index in [2.05, 4.69) is 0 Å². The van der Waals surface area contributed by atoms with E-state index in [-0.39, 0.29) is 11.8 Å². The average Bonchev–Trinajstić information content (AvgIpc) is 2.74. The zero-order valence-corrected chi connectivity index (χ0v) is 16.7. The Hall–Kier alpha value is -3.02. The molecule has 1 aliphatic heterocycles. The van der Waals surface area contributed by atoms with Crippen molar-refractivity contribution >= 4 is 17.5 Å². The molecular weight excluding hydrogens is 354 g/mol. The molecule has 0 aromatic heterocycles. The van der Waals surface area contributed by atoms with Gasteiger partial charge in [0.15, 0.2) is 0 Å². The topological polar surface area (TPSA) is 53.1 Å². The summed E-state index contributed by atoms with van der Waals surface area (Å²) in [5, 5.41) is 0. The molecule has 2 aromatic carbocycles. The fourth-order valence-corrected chi connectivity index (χ4v) is 3.24. The van der Waals surface area contributed by atoms with Crippen LogP contribution in [0, 0.1) is 0 Å². The second-order valence-electron chi connectivity index (χ2n) is 6.98. The molecule has 1 heterocycles. The molecule has 0 saturated carbocycles. The highest BCUT2D eigenvalue weighted by Gasteiger charge is 2.25. The lowest BCUT2D eigenvalue weighted by Crippen LogP contribution is -2.50. The first-order valence-corrected chi connectivity index (χ1v) is 9.58. The lowest BCUT2D eigenvalue weighted by molar-refractivity contribution is 0.0535. The first-order chi connectivity index (χ1) is 13.5. The second kappa shape index (κ2) is 8.78. The van der Waals surface area contributed by atoms with Crippen molar-refractivity contribution in [3.05, 3.63) is 59.7 Å². The third-order valence-electron chi connectivity index (χ3n) is 4.90. The van der Waals surface area contributed by atoms with Crippen molar-refractivity contribution in [3.63, 3.8) is 0 Å². The van der Waals surface area contributed by atoms with Crippen LogP contribution in [0.15, 0.2) is 48.5 Å². The lowest BCUT2D eigenvalue weighted by atomic mass is 10.1. The van der Waals surface area contributed by atoms with E-state index < -0.39 is 0 Å². The summed E-state index contributed by atoms with van der Waals surface area (Å²) in [6, 6.07) is 14.8. The van der Waals surface area contributed by atoms with Gasteiger partial charge in [-0.3, -0.25) is 9.59 Å². The Morgan fingerprint density at radius 2 is 1.25 bits per heavy atom. The number of amides is 2. The fraction of sp³-hybridized carbons (Fsp3) is 0.364. The van der Waals surface area contributed by atoms with Crippen LogP contribution in [0.3, 0.4) is 0 Å². The molecule has 1 aliphatic rings. The predicted molar refractivity (Wildman–Crippen MR) is 110 cm³/mol. The van der Waals surface area contributed by atoms with E-state index in [4.69, 9.17) is 4.74 Å². The maximum atomic E-state index is 12.7. The number of hydrogen-bond acceptors (Lipinski definition) is 4. The van der Waals surface area contributed by atoms with E-state index in [9.17, 15) is 9.59 Å². The van der Waals surface area contributed by atoms with Crippen molar-refractivity contribution in [2.75, 3.05) is 51.8 Å². The summed E-state index contributed by atoms with van der Waals surface area (Å²) in [6.45, 7) is 4.67. The number of ether oxygens (including phenoxy) is 1. The maximum Gasteiger partial charge on any atom is 0.253 e. The van der Waals surface area contributed by atoms with Crippen molar-refractivity contribution in [1.29, 1.82) is 0 Å². The van der Waals surface area contributed by atoms with E-state index in [0.717, 1.165) is 11.4 Å². The molecule has 3 rings (SSSR count). The molecule has 0 radical (unpaired) electrons. The molecule has 0 bridgehead atoms. The number of hydrogen-bond donors (Lipinski definition) is 0. The molecule has 28 heavy (non-hydrogen) atoms. The number of nitrogens with zero attached hydrogens (tertiary/aromatic N) is 3. The maximum absolute atomic E-state index is 12.7. The number of anilines is 1. The molecule has 1 fully saturated rings. The third-order valence-corrected chi connectivity index (χ3v) is 4.90. The van der Waals surface area contributed by atoms with E-state index in [1.807, 2.05) is 67.2 Å². The summed E-state index contributed by atoms with van der Waals surface area (Å²) >= 11 is 0. The molecule has 2 aromatic rings. The Kier molecular flexibility index (Phi) is 6.19. The quantitative estimate of drug-likeness (QED) is 0.799. The molecule has 2 amide bonds. The van der Waals surface area contributed by atoms with Crippen molar-refractivity contribution in [2.45, 2.75) is 6.92 Å². The van der Waals surface area contributed by atoms with Gasteiger partial charge in [-0.15, -0.1) is 0 Å². The molecule has 6 nitrogen and oxygen atoms in total. The minimum atomic E-state index is -0.00881. The molecule has 0 spiro atoms. The third kappa shape index (κ3) is 4.44. The van der Waals surface area contributed by atoms with Gasteiger partial charge in [0.05, 0.1) is 6.61 Å². The van der Waals surface area contributed by atoms with Gasteiger partial charge in [-0.2, -0.15) is 0 Å². The summed E-state index contributed by atoms with van der Waals surface area (Å²) in [5.74, 6) is 0.763. The molecule has 0 N–H and O–H groups in total. The highest BCUT2D eigenvalue weighted by Crippen LogP contribution is 2.17. The second-order valence-corrected chi connectivity index (χ2v) is 6.98. The Balaban J connectivity index is 1.57. The number of carbonyl (C=O) groups excluding carboxylic acids is 2. The zero-order valence-electron chi connectivity index (χ0n) is 16.7. The number of carbonyl (C=O) groups is 2. The van der Waals surface area contributed by atoms with Gasteiger partial charge in [0.25, 0.3) is 11.8 Å². The van der Waals surface area contributed by atoms with Crippen LogP contribution in [0.1, 0.15) is 27.6 Å². The molecular formula is C22H27N3O3. The van der Waals surface area contributed by atoms with Crippen LogP contribution >= 0.6 is 0 Å². The van der Waals surface area contributed by atoms with Crippen LogP contribution in [0.5, 0.6) is 5.75 Å². The van der Waals surface area contributed by atoms with Gasteiger partial charge >= 0.3 is 0 Å².